The van der Waals surface area contributed by atoms with Crippen LogP contribution in [0.25, 0.3) is 16.0 Å². The zero-order valence-corrected chi connectivity index (χ0v) is 10.3. The Morgan fingerprint density at radius 3 is 3.07 bits per heavy atom. The second kappa shape index (κ2) is 3.32. The second-order valence-electron chi connectivity index (χ2n) is 4.00. The predicted molar refractivity (Wildman–Crippen MR) is 69.7 cm³/mol. The largest absolute Gasteiger partial charge is 0.148 e. The standard InChI is InChI=1S/C13H12S2/c1-8(2)12-7-9-3-4-11-10(5-6-14-11)13(9)15-12/h5-7H,1,3-4H2,2H3. The lowest BCUT2D eigenvalue weighted by atomic mass is 9.98. The maximum atomic E-state index is 4.03. The summed E-state index contributed by atoms with van der Waals surface area (Å²) in [5.74, 6) is 0. The van der Waals surface area contributed by atoms with Crippen LogP contribution < -0.4 is 0 Å². The third-order valence-corrected chi connectivity index (χ3v) is 5.19. The average molecular weight is 232 g/mol. The van der Waals surface area contributed by atoms with E-state index in [-0.39, 0.29) is 0 Å². The Balaban J connectivity index is 2.20. The van der Waals surface area contributed by atoms with Gasteiger partial charge in [0, 0.05) is 20.2 Å². The lowest BCUT2D eigenvalue weighted by Crippen LogP contribution is -1.96. The highest BCUT2D eigenvalue weighted by molar-refractivity contribution is 7.17. The van der Waals surface area contributed by atoms with Crippen molar-refractivity contribution in [3.63, 3.8) is 0 Å². The zero-order chi connectivity index (χ0) is 10.4. The van der Waals surface area contributed by atoms with Crippen LogP contribution in [0, 0.1) is 0 Å². The van der Waals surface area contributed by atoms with Gasteiger partial charge < -0.3 is 0 Å². The quantitative estimate of drug-likeness (QED) is 0.673. The molecule has 0 aromatic carbocycles. The van der Waals surface area contributed by atoms with Crippen molar-refractivity contribution in [2.45, 2.75) is 19.8 Å². The third-order valence-electron chi connectivity index (χ3n) is 2.84. The van der Waals surface area contributed by atoms with Crippen molar-refractivity contribution in [2.24, 2.45) is 0 Å². The number of thiophene rings is 2. The predicted octanol–water partition coefficient (Wildman–Crippen LogP) is 4.61. The van der Waals surface area contributed by atoms with E-state index in [1.807, 2.05) is 22.7 Å². The van der Waals surface area contributed by atoms with Gasteiger partial charge in [-0.25, -0.2) is 0 Å². The van der Waals surface area contributed by atoms with E-state index in [4.69, 9.17) is 0 Å². The van der Waals surface area contributed by atoms with Gasteiger partial charge in [-0.1, -0.05) is 6.58 Å². The van der Waals surface area contributed by atoms with Gasteiger partial charge in [-0.05, 0) is 48.4 Å². The smallest absolute Gasteiger partial charge is 0.0392 e. The summed E-state index contributed by atoms with van der Waals surface area (Å²) in [5.41, 5.74) is 4.17. The molecule has 0 atom stereocenters. The highest BCUT2D eigenvalue weighted by atomic mass is 32.1. The minimum absolute atomic E-state index is 1.19. The summed E-state index contributed by atoms with van der Waals surface area (Å²) in [6.07, 6.45) is 2.42. The molecule has 2 heterocycles. The van der Waals surface area contributed by atoms with Crippen molar-refractivity contribution in [3.8, 4) is 10.4 Å². The molecular formula is C13H12S2. The van der Waals surface area contributed by atoms with Gasteiger partial charge in [-0.3, -0.25) is 0 Å². The first-order chi connectivity index (χ1) is 7.25. The highest BCUT2D eigenvalue weighted by Gasteiger charge is 2.19. The molecule has 2 aromatic rings. The summed E-state index contributed by atoms with van der Waals surface area (Å²) in [5, 5.41) is 2.21. The Morgan fingerprint density at radius 2 is 2.27 bits per heavy atom. The minimum Gasteiger partial charge on any atom is -0.148 e. The SMILES string of the molecule is C=C(C)c1cc2c(s1)-c1ccsc1CC2. The summed E-state index contributed by atoms with van der Waals surface area (Å²) in [6.45, 7) is 6.11. The number of hydrogen-bond acceptors (Lipinski definition) is 2. The Morgan fingerprint density at radius 1 is 1.40 bits per heavy atom. The fraction of sp³-hybridized carbons (Fsp3) is 0.231. The molecule has 0 amide bonds. The topological polar surface area (TPSA) is 0 Å². The fourth-order valence-electron chi connectivity index (χ4n) is 2.04. The first-order valence-electron chi connectivity index (χ1n) is 5.11. The van der Waals surface area contributed by atoms with Gasteiger partial charge in [-0.2, -0.15) is 0 Å². The van der Waals surface area contributed by atoms with Gasteiger partial charge in [-0.15, -0.1) is 22.7 Å². The molecule has 0 N–H and O–H groups in total. The lowest BCUT2D eigenvalue weighted by molar-refractivity contribution is 0.972. The molecule has 0 nitrogen and oxygen atoms in total. The van der Waals surface area contributed by atoms with Gasteiger partial charge in [0.05, 0.1) is 0 Å². The zero-order valence-electron chi connectivity index (χ0n) is 8.67. The Bertz CT molecular complexity index is 528. The van der Waals surface area contributed by atoms with Gasteiger partial charge in [0.15, 0.2) is 0 Å². The van der Waals surface area contributed by atoms with E-state index in [2.05, 4.69) is 31.0 Å². The van der Waals surface area contributed by atoms with Crippen LogP contribution in [-0.4, -0.2) is 0 Å². The van der Waals surface area contributed by atoms with Gasteiger partial charge in [0.2, 0.25) is 0 Å². The van der Waals surface area contributed by atoms with Crippen molar-refractivity contribution in [1.82, 2.24) is 0 Å². The van der Waals surface area contributed by atoms with Crippen LogP contribution in [0.3, 0.4) is 0 Å². The molecule has 2 heteroatoms. The number of aryl methyl sites for hydroxylation is 2. The van der Waals surface area contributed by atoms with E-state index < -0.39 is 0 Å². The van der Waals surface area contributed by atoms with E-state index >= 15 is 0 Å². The molecule has 0 unspecified atom stereocenters. The van der Waals surface area contributed by atoms with Gasteiger partial charge in [0.25, 0.3) is 0 Å². The van der Waals surface area contributed by atoms with E-state index in [9.17, 15) is 0 Å². The minimum atomic E-state index is 1.19. The van der Waals surface area contributed by atoms with Gasteiger partial charge >= 0.3 is 0 Å². The summed E-state index contributed by atoms with van der Waals surface area (Å²) >= 11 is 3.79. The molecule has 15 heavy (non-hydrogen) atoms. The van der Waals surface area contributed by atoms with E-state index in [1.165, 1.54) is 39.3 Å². The summed E-state index contributed by atoms with van der Waals surface area (Å²) in [4.78, 5) is 4.38. The van der Waals surface area contributed by atoms with Crippen LogP contribution in [0.15, 0.2) is 24.1 Å². The molecule has 0 aliphatic heterocycles. The van der Waals surface area contributed by atoms with Crippen LogP contribution in [0.1, 0.15) is 22.2 Å². The summed E-state index contributed by atoms with van der Waals surface area (Å²) < 4.78 is 0. The maximum absolute atomic E-state index is 4.03. The van der Waals surface area contributed by atoms with E-state index in [0.717, 1.165) is 0 Å². The van der Waals surface area contributed by atoms with Crippen LogP contribution in [0.2, 0.25) is 0 Å². The maximum Gasteiger partial charge on any atom is 0.0392 e. The molecule has 76 valence electrons. The van der Waals surface area contributed by atoms with Crippen LogP contribution in [-0.2, 0) is 12.8 Å². The molecule has 0 bridgehead atoms. The molecule has 0 saturated heterocycles. The normalized spacial score (nSPS) is 13.4. The monoisotopic (exact) mass is 232 g/mol. The summed E-state index contributed by atoms with van der Waals surface area (Å²) in [6, 6.07) is 4.58. The number of allylic oxidation sites excluding steroid dienone is 1. The average Bonchev–Trinajstić information content (AvgIpc) is 2.82. The fourth-order valence-corrected chi connectivity index (χ4v) is 4.18. The van der Waals surface area contributed by atoms with Crippen molar-refractivity contribution in [3.05, 3.63) is 39.4 Å². The van der Waals surface area contributed by atoms with Crippen molar-refractivity contribution in [2.75, 3.05) is 0 Å². The molecule has 1 aliphatic rings. The van der Waals surface area contributed by atoms with Crippen molar-refractivity contribution in [1.29, 1.82) is 0 Å². The van der Waals surface area contributed by atoms with Crippen molar-refractivity contribution >= 4 is 28.2 Å². The molecule has 0 saturated carbocycles. The molecule has 0 radical (unpaired) electrons. The lowest BCUT2D eigenvalue weighted by Gasteiger charge is -2.10. The number of rotatable bonds is 1. The first-order valence-corrected chi connectivity index (χ1v) is 6.80. The molecular weight excluding hydrogens is 220 g/mol. The second-order valence-corrected chi connectivity index (χ2v) is 6.06. The third kappa shape index (κ3) is 1.40. The Hall–Kier alpha value is -0.860. The van der Waals surface area contributed by atoms with Crippen LogP contribution in [0.5, 0.6) is 0 Å². The first kappa shape index (κ1) is 9.37. The van der Waals surface area contributed by atoms with Crippen LogP contribution >= 0.6 is 22.7 Å². The molecule has 0 spiro atoms. The summed E-state index contributed by atoms with van der Waals surface area (Å²) in [7, 11) is 0. The highest BCUT2D eigenvalue weighted by Crippen LogP contribution is 2.42. The van der Waals surface area contributed by atoms with Crippen LogP contribution in [0.4, 0.5) is 0 Å². The van der Waals surface area contributed by atoms with E-state index in [1.54, 1.807) is 4.88 Å². The number of hydrogen-bond donors (Lipinski definition) is 0. The van der Waals surface area contributed by atoms with Crippen molar-refractivity contribution < 1.29 is 0 Å². The van der Waals surface area contributed by atoms with Gasteiger partial charge in [0.1, 0.15) is 0 Å². The molecule has 2 aromatic heterocycles. The molecule has 1 aliphatic carbocycles. The Labute approximate surface area is 97.9 Å². The van der Waals surface area contributed by atoms with E-state index in [0.29, 0.717) is 0 Å². The molecule has 0 fully saturated rings. The number of fused-ring (bicyclic) bond motifs is 3. The molecule has 3 rings (SSSR count). The Kier molecular flexibility index (Phi) is 2.08.